The average molecular weight is 363 g/mol. The number of benzene rings is 1. The Bertz CT molecular complexity index is 604. The number of carbonyl (C=O) groups excluding carboxylic acids is 2. The Kier molecular flexibility index (Phi) is 8.16. The number of hydrogen-bond acceptors (Lipinski definition) is 5. The molecule has 1 amide bonds. The van der Waals surface area contributed by atoms with Gasteiger partial charge in [-0.05, 0) is 38.5 Å². The molecular weight excluding hydrogens is 334 g/mol. The minimum atomic E-state index is -0.831. The van der Waals surface area contributed by atoms with Gasteiger partial charge in [-0.15, -0.1) is 6.58 Å². The molecule has 0 saturated heterocycles. The van der Waals surface area contributed by atoms with Crippen LogP contribution in [0.3, 0.4) is 0 Å². The lowest BCUT2D eigenvalue weighted by atomic mass is 10.1. The second kappa shape index (κ2) is 9.85. The SMILES string of the molecule is C=CC(C)COc1ccc(CC(NC(=O)OC(C)(C)C)C(=O)OC)cc1. The van der Waals surface area contributed by atoms with E-state index < -0.39 is 23.7 Å². The minimum absolute atomic E-state index is 0.261. The van der Waals surface area contributed by atoms with Crippen molar-refractivity contribution < 1.29 is 23.8 Å². The average Bonchev–Trinajstić information content (AvgIpc) is 2.57. The molecule has 1 aromatic carbocycles. The summed E-state index contributed by atoms with van der Waals surface area (Å²) >= 11 is 0. The van der Waals surface area contributed by atoms with Crippen molar-refractivity contribution in [2.75, 3.05) is 13.7 Å². The summed E-state index contributed by atoms with van der Waals surface area (Å²) in [7, 11) is 1.28. The fraction of sp³-hybridized carbons (Fsp3) is 0.500. The van der Waals surface area contributed by atoms with Crippen LogP contribution in [-0.2, 0) is 20.7 Å². The molecule has 6 heteroatoms. The maximum absolute atomic E-state index is 12.0. The van der Waals surface area contributed by atoms with Crippen molar-refractivity contribution in [3.05, 3.63) is 42.5 Å². The zero-order valence-corrected chi connectivity index (χ0v) is 16.2. The van der Waals surface area contributed by atoms with Crippen LogP contribution in [0.2, 0.25) is 0 Å². The molecule has 144 valence electrons. The van der Waals surface area contributed by atoms with Gasteiger partial charge in [-0.25, -0.2) is 9.59 Å². The van der Waals surface area contributed by atoms with Gasteiger partial charge in [-0.2, -0.15) is 0 Å². The van der Waals surface area contributed by atoms with Gasteiger partial charge in [0.25, 0.3) is 0 Å². The summed E-state index contributed by atoms with van der Waals surface area (Å²) in [4.78, 5) is 23.9. The number of nitrogens with one attached hydrogen (secondary N) is 1. The van der Waals surface area contributed by atoms with Crippen molar-refractivity contribution in [3.8, 4) is 5.75 Å². The van der Waals surface area contributed by atoms with Crippen molar-refractivity contribution >= 4 is 12.1 Å². The molecule has 0 aromatic heterocycles. The summed E-state index contributed by atoms with van der Waals surface area (Å²) in [6.45, 7) is 11.6. The number of ether oxygens (including phenoxy) is 3. The third kappa shape index (κ3) is 8.05. The number of esters is 1. The smallest absolute Gasteiger partial charge is 0.408 e. The van der Waals surface area contributed by atoms with Crippen LogP contribution in [0.25, 0.3) is 0 Å². The number of carbonyl (C=O) groups is 2. The van der Waals surface area contributed by atoms with Gasteiger partial charge in [0.2, 0.25) is 0 Å². The van der Waals surface area contributed by atoms with E-state index in [0.717, 1.165) is 11.3 Å². The van der Waals surface area contributed by atoms with Crippen LogP contribution >= 0.6 is 0 Å². The van der Waals surface area contributed by atoms with E-state index in [2.05, 4.69) is 11.9 Å². The molecule has 0 fully saturated rings. The van der Waals surface area contributed by atoms with E-state index in [1.807, 2.05) is 37.3 Å². The van der Waals surface area contributed by atoms with E-state index in [4.69, 9.17) is 14.2 Å². The van der Waals surface area contributed by atoms with E-state index in [0.29, 0.717) is 6.61 Å². The van der Waals surface area contributed by atoms with Gasteiger partial charge in [0, 0.05) is 12.3 Å². The Morgan fingerprint density at radius 3 is 2.35 bits per heavy atom. The molecule has 2 unspecified atom stereocenters. The van der Waals surface area contributed by atoms with E-state index >= 15 is 0 Å². The fourth-order valence-electron chi connectivity index (χ4n) is 2.04. The lowest BCUT2D eigenvalue weighted by Crippen LogP contribution is -2.45. The Morgan fingerprint density at radius 1 is 1.23 bits per heavy atom. The third-order valence-electron chi connectivity index (χ3n) is 3.46. The number of methoxy groups -OCH3 is 1. The Hall–Kier alpha value is -2.50. The summed E-state index contributed by atoms with van der Waals surface area (Å²) in [5, 5.41) is 2.56. The van der Waals surface area contributed by atoms with Gasteiger partial charge in [0.15, 0.2) is 0 Å². The van der Waals surface area contributed by atoms with Crippen molar-refractivity contribution in [2.45, 2.75) is 45.8 Å². The fourth-order valence-corrected chi connectivity index (χ4v) is 2.04. The van der Waals surface area contributed by atoms with Crippen molar-refractivity contribution in [3.63, 3.8) is 0 Å². The van der Waals surface area contributed by atoms with Crippen molar-refractivity contribution in [2.24, 2.45) is 5.92 Å². The second-order valence-electron chi connectivity index (χ2n) is 7.09. The maximum atomic E-state index is 12.0. The van der Waals surface area contributed by atoms with Crippen LogP contribution in [0.5, 0.6) is 5.75 Å². The van der Waals surface area contributed by atoms with Crippen LogP contribution < -0.4 is 10.1 Å². The molecule has 6 nitrogen and oxygen atoms in total. The highest BCUT2D eigenvalue weighted by Crippen LogP contribution is 2.15. The zero-order chi connectivity index (χ0) is 19.7. The van der Waals surface area contributed by atoms with Crippen molar-refractivity contribution in [1.82, 2.24) is 5.32 Å². The highest BCUT2D eigenvalue weighted by atomic mass is 16.6. The highest BCUT2D eigenvalue weighted by Gasteiger charge is 2.25. The van der Waals surface area contributed by atoms with Gasteiger partial charge in [-0.3, -0.25) is 0 Å². The quantitative estimate of drug-likeness (QED) is 0.565. The van der Waals surface area contributed by atoms with Crippen LogP contribution in [0.4, 0.5) is 4.79 Å². The summed E-state index contributed by atoms with van der Waals surface area (Å²) in [5.41, 5.74) is 0.215. The molecule has 1 N–H and O–H groups in total. The van der Waals surface area contributed by atoms with E-state index in [9.17, 15) is 9.59 Å². The molecular formula is C20H29NO5. The normalized spacial score (nSPS) is 13.3. The van der Waals surface area contributed by atoms with Gasteiger partial charge in [0.05, 0.1) is 13.7 Å². The zero-order valence-electron chi connectivity index (χ0n) is 16.2. The summed E-state index contributed by atoms with van der Waals surface area (Å²) in [5.74, 6) is 0.463. The predicted octanol–water partition coefficient (Wildman–Crippen LogP) is 3.50. The Balaban J connectivity index is 2.71. The Labute approximate surface area is 155 Å². The monoisotopic (exact) mass is 363 g/mol. The lowest BCUT2D eigenvalue weighted by Gasteiger charge is -2.22. The summed E-state index contributed by atoms with van der Waals surface area (Å²) in [6.07, 6.45) is 1.46. The molecule has 0 bridgehead atoms. The number of alkyl carbamates (subject to hydrolysis) is 1. The lowest BCUT2D eigenvalue weighted by molar-refractivity contribution is -0.143. The standard InChI is InChI=1S/C20H29NO5/c1-7-14(2)13-25-16-10-8-15(9-11-16)12-17(18(22)24-6)21-19(23)26-20(3,4)5/h7-11,14,17H,1,12-13H2,2-6H3,(H,21,23). The molecule has 2 atom stereocenters. The summed E-state index contributed by atoms with van der Waals surface area (Å²) in [6, 6.07) is 6.52. The molecule has 0 aliphatic rings. The van der Waals surface area contributed by atoms with Crippen LogP contribution in [0.1, 0.15) is 33.3 Å². The highest BCUT2D eigenvalue weighted by molar-refractivity contribution is 5.81. The topological polar surface area (TPSA) is 73.9 Å². The maximum Gasteiger partial charge on any atom is 0.408 e. The first kappa shape index (κ1) is 21.5. The van der Waals surface area contributed by atoms with Gasteiger partial charge >= 0.3 is 12.1 Å². The first-order valence-corrected chi connectivity index (χ1v) is 8.56. The van der Waals surface area contributed by atoms with E-state index in [1.165, 1.54) is 7.11 Å². The first-order chi connectivity index (χ1) is 12.1. The largest absolute Gasteiger partial charge is 0.493 e. The number of hydrogen-bond donors (Lipinski definition) is 1. The third-order valence-corrected chi connectivity index (χ3v) is 3.46. The van der Waals surface area contributed by atoms with E-state index in [-0.39, 0.29) is 12.3 Å². The summed E-state index contributed by atoms with van der Waals surface area (Å²) < 4.78 is 15.6. The molecule has 0 spiro atoms. The first-order valence-electron chi connectivity index (χ1n) is 8.56. The minimum Gasteiger partial charge on any atom is -0.493 e. The molecule has 1 rings (SSSR count). The van der Waals surface area contributed by atoms with Gasteiger partial charge in [-0.1, -0.05) is 25.1 Å². The molecule has 0 radical (unpaired) electrons. The van der Waals surface area contributed by atoms with Crippen molar-refractivity contribution in [1.29, 1.82) is 0 Å². The molecule has 0 aliphatic carbocycles. The van der Waals surface area contributed by atoms with Crippen LogP contribution in [0.15, 0.2) is 36.9 Å². The second-order valence-corrected chi connectivity index (χ2v) is 7.09. The number of rotatable bonds is 8. The number of amides is 1. The molecule has 0 saturated carbocycles. The van der Waals surface area contributed by atoms with E-state index in [1.54, 1.807) is 20.8 Å². The predicted molar refractivity (Wildman–Crippen MR) is 100 cm³/mol. The molecule has 0 heterocycles. The molecule has 0 aliphatic heterocycles. The Morgan fingerprint density at radius 2 is 1.85 bits per heavy atom. The van der Waals surface area contributed by atoms with Gasteiger partial charge < -0.3 is 19.5 Å². The molecule has 1 aromatic rings. The van der Waals surface area contributed by atoms with Crippen LogP contribution in [-0.4, -0.2) is 37.4 Å². The molecule has 26 heavy (non-hydrogen) atoms. The van der Waals surface area contributed by atoms with Crippen LogP contribution in [0, 0.1) is 5.92 Å². The van der Waals surface area contributed by atoms with Gasteiger partial charge in [0.1, 0.15) is 17.4 Å².